The van der Waals surface area contributed by atoms with Crippen molar-refractivity contribution < 1.29 is 20.1 Å². The SMILES string of the molecule is C[C@]12CC[C@H](O)CC1=C[C@@H](O)[C@@H]1[C@@H]2CC[C@]2(C)C(=O)CC(O)[C@@H]12. The predicted octanol–water partition coefficient (Wildman–Crippen LogP) is 1.82. The minimum Gasteiger partial charge on any atom is -0.393 e. The van der Waals surface area contributed by atoms with Gasteiger partial charge in [-0.05, 0) is 49.4 Å². The number of rotatable bonds is 0. The first-order valence-electron chi connectivity index (χ1n) is 9.06. The third-order valence-electron chi connectivity index (χ3n) is 7.81. The van der Waals surface area contributed by atoms with Gasteiger partial charge in [-0.25, -0.2) is 0 Å². The zero-order chi connectivity index (χ0) is 16.6. The number of fused-ring (bicyclic) bond motifs is 5. The van der Waals surface area contributed by atoms with Gasteiger partial charge in [-0.3, -0.25) is 4.79 Å². The average Bonchev–Trinajstić information content (AvgIpc) is 2.71. The highest BCUT2D eigenvalue weighted by Gasteiger charge is 2.63. The van der Waals surface area contributed by atoms with Gasteiger partial charge in [0.1, 0.15) is 5.78 Å². The molecule has 4 rings (SSSR count). The maximum atomic E-state index is 12.4. The molecule has 0 aromatic heterocycles. The lowest BCUT2D eigenvalue weighted by molar-refractivity contribution is -0.138. The fourth-order valence-electron chi connectivity index (χ4n) is 6.46. The van der Waals surface area contributed by atoms with Crippen molar-refractivity contribution in [3.8, 4) is 0 Å². The van der Waals surface area contributed by atoms with Crippen LogP contribution in [0.15, 0.2) is 11.6 Å². The van der Waals surface area contributed by atoms with Crippen LogP contribution in [0.25, 0.3) is 0 Å². The second-order valence-corrected chi connectivity index (χ2v) is 8.86. The van der Waals surface area contributed by atoms with E-state index in [0.29, 0.717) is 12.3 Å². The maximum absolute atomic E-state index is 12.4. The van der Waals surface area contributed by atoms with Crippen LogP contribution in [-0.2, 0) is 4.79 Å². The monoisotopic (exact) mass is 320 g/mol. The van der Waals surface area contributed by atoms with Gasteiger partial charge in [0.15, 0.2) is 0 Å². The van der Waals surface area contributed by atoms with Gasteiger partial charge in [-0.15, -0.1) is 0 Å². The quantitative estimate of drug-likeness (QED) is 0.595. The first-order chi connectivity index (χ1) is 10.8. The smallest absolute Gasteiger partial charge is 0.141 e. The molecule has 0 aliphatic heterocycles. The summed E-state index contributed by atoms with van der Waals surface area (Å²) in [7, 11) is 0. The van der Waals surface area contributed by atoms with Crippen molar-refractivity contribution in [2.45, 2.75) is 70.7 Å². The van der Waals surface area contributed by atoms with E-state index in [2.05, 4.69) is 6.92 Å². The Morgan fingerprint density at radius 1 is 1.04 bits per heavy atom. The Bertz CT molecular complexity index is 570. The predicted molar refractivity (Wildman–Crippen MR) is 85.5 cm³/mol. The second-order valence-electron chi connectivity index (χ2n) is 8.86. The van der Waals surface area contributed by atoms with Gasteiger partial charge in [0.05, 0.1) is 18.3 Å². The molecule has 0 aromatic rings. The Hall–Kier alpha value is -0.710. The molecule has 0 saturated heterocycles. The summed E-state index contributed by atoms with van der Waals surface area (Å²) in [5.41, 5.74) is 0.709. The summed E-state index contributed by atoms with van der Waals surface area (Å²) in [6, 6.07) is 0. The van der Waals surface area contributed by atoms with E-state index in [1.807, 2.05) is 13.0 Å². The number of aliphatic hydroxyl groups is 3. The van der Waals surface area contributed by atoms with Gasteiger partial charge < -0.3 is 15.3 Å². The maximum Gasteiger partial charge on any atom is 0.141 e. The molecule has 0 aromatic carbocycles. The van der Waals surface area contributed by atoms with Crippen LogP contribution in [0.2, 0.25) is 0 Å². The normalized spacial score (nSPS) is 55.7. The molecule has 0 radical (unpaired) electrons. The Balaban J connectivity index is 1.77. The fraction of sp³-hybridized carbons (Fsp3) is 0.842. The molecule has 4 nitrogen and oxygen atoms in total. The molecule has 3 N–H and O–H groups in total. The fourth-order valence-corrected chi connectivity index (χ4v) is 6.46. The zero-order valence-electron chi connectivity index (χ0n) is 14.0. The number of Topliss-reactive ketones (excluding diaryl/α,β-unsaturated/α-hetero) is 1. The molecule has 3 fully saturated rings. The van der Waals surface area contributed by atoms with Crippen LogP contribution in [0.4, 0.5) is 0 Å². The number of ketones is 1. The lowest BCUT2D eigenvalue weighted by Gasteiger charge is -2.58. The topological polar surface area (TPSA) is 77.8 Å². The number of carbonyl (C=O) groups is 1. The Morgan fingerprint density at radius 3 is 2.48 bits per heavy atom. The standard InChI is InChI=1S/C19H28O4/c1-18-5-3-11(20)7-10(18)8-13(21)16-12(18)4-6-19(2)15(23)9-14(22)17(16)19/h8,11-14,16-17,20-22H,3-7,9H2,1-2H3/t11-,12-,13+,14?,16-,17-,18-,19+/m0/s1. The van der Waals surface area contributed by atoms with E-state index in [1.54, 1.807) is 0 Å². The Morgan fingerprint density at radius 2 is 1.74 bits per heavy atom. The third kappa shape index (κ3) is 1.98. The molecule has 1 unspecified atom stereocenters. The summed E-state index contributed by atoms with van der Waals surface area (Å²) < 4.78 is 0. The van der Waals surface area contributed by atoms with Gasteiger partial charge in [-0.2, -0.15) is 0 Å². The number of carbonyl (C=O) groups excluding carboxylic acids is 1. The van der Waals surface area contributed by atoms with Crippen molar-refractivity contribution in [3.05, 3.63) is 11.6 Å². The van der Waals surface area contributed by atoms with Gasteiger partial charge in [0, 0.05) is 17.8 Å². The van der Waals surface area contributed by atoms with Crippen LogP contribution in [0, 0.1) is 28.6 Å². The molecule has 8 atom stereocenters. The molecule has 4 heteroatoms. The van der Waals surface area contributed by atoms with Crippen LogP contribution in [-0.4, -0.2) is 39.4 Å². The lowest BCUT2D eigenvalue weighted by atomic mass is 9.47. The van der Waals surface area contributed by atoms with Crippen LogP contribution in [0.3, 0.4) is 0 Å². The van der Waals surface area contributed by atoms with Crippen LogP contribution in [0.1, 0.15) is 52.4 Å². The van der Waals surface area contributed by atoms with Crippen molar-refractivity contribution in [2.24, 2.45) is 28.6 Å². The van der Waals surface area contributed by atoms with Gasteiger partial charge in [0.2, 0.25) is 0 Å². The highest BCUT2D eigenvalue weighted by atomic mass is 16.3. The van der Waals surface area contributed by atoms with E-state index in [4.69, 9.17) is 0 Å². The molecule has 128 valence electrons. The second kappa shape index (κ2) is 4.90. The van der Waals surface area contributed by atoms with Gasteiger partial charge in [-0.1, -0.05) is 25.5 Å². The highest BCUT2D eigenvalue weighted by Crippen LogP contribution is 2.63. The summed E-state index contributed by atoms with van der Waals surface area (Å²) in [6.07, 6.45) is 4.77. The first kappa shape index (κ1) is 15.8. The molecule has 0 amide bonds. The largest absolute Gasteiger partial charge is 0.393 e. The van der Waals surface area contributed by atoms with E-state index >= 15 is 0 Å². The number of aliphatic hydroxyl groups excluding tert-OH is 3. The molecule has 23 heavy (non-hydrogen) atoms. The van der Waals surface area contributed by atoms with E-state index in [9.17, 15) is 20.1 Å². The average molecular weight is 320 g/mol. The van der Waals surface area contributed by atoms with Crippen LogP contribution in [0.5, 0.6) is 0 Å². The number of hydrogen-bond donors (Lipinski definition) is 3. The Kier molecular flexibility index (Phi) is 3.37. The first-order valence-corrected chi connectivity index (χ1v) is 9.06. The molecule has 3 saturated carbocycles. The minimum absolute atomic E-state index is 0.00415. The summed E-state index contributed by atoms with van der Waals surface area (Å²) in [4.78, 5) is 12.4. The highest BCUT2D eigenvalue weighted by molar-refractivity contribution is 5.88. The summed E-state index contributed by atoms with van der Waals surface area (Å²) in [6.45, 7) is 4.26. The van der Waals surface area contributed by atoms with Crippen molar-refractivity contribution >= 4 is 5.78 Å². The Labute approximate surface area is 137 Å². The van der Waals surface area contributed by atoms with Gasteiger partial charge in [0.25, 0.3) is 0 Å². The van der Waals surface area contributed by atoms with Crippen LogP contribution >= 0.6 is 0 Å². The van der Waals surface area contributed by atoms with Crippen molar-refractivity contribution in [1.29, 1.82) is 0 Å². The molecular formula is C19H28O4. The summed E-state index contributed by atoms with van der Waals surface area (Å²) in [5, 5.41) is 31.4. The van der Waals surface area contributed by atoms with Crippen LogP contribution < -0.4 is 0 Å². The molecule has 0 spiro atoms. The number of hydrogen-bond acceptors (Lipinski definition) is 4. The molecule has 4 aliphatic carbocycles. The lowest BCUT2D eigenvalue weighted by Crippen LogP contribution is -2.56. The van der Waals surface area contributed by atoms with E-state index < -0.39 is 17.6 Å². The van der Waals surface area contributed by atoms with E-state index in [0.717, 1.165) is 25.7 Å². The summed E-state index contributed by atoms with van der Waals surface area (Å²) >= 11 is 0. The third-order valence-corrected chi connectivity index (χ3v) is 7.81. The zero-order valence-corrected chi connectivity index (χ0v) is 14.0. The molecule has 4 aliphatic rings. The minimum atomic E-state index is -0.623. The molecule has 0 bridgehead atoms. The van der Waals surface area contributed by atoms with Crippen molar-refractivity contribution in [3.63, 3.8) is 0 Å². The molecular weight excluding hydrogens is 292 g/mol. The van der Waals surface area contributed by atoms with Crippen molar-refractivity contribution in [1.82, 2.24) is 0 Å². The summed E-state index contributed by atoms with van der Waals surface area (Å²) in [5.74, 6) is 0.285. The molecule has 0 heterocycles. The van der Waals surface area contributed by atoms with E-state index in [1.165, 1.54) is 5.57 Å². The van der Waals surface area contributed by atoms with E-state index in [-0.39, 0.29) is 35.6 Å². The van der Waals surface area contributed by atoms with Gasteiger partial charge >= 0.3 is 0 Å². The van der Waals surface area contributed by atoms with Crippen molar-refractivity contribution in [2.75, 3.05) is 0 Å².